The van der Waals surface area contributed by atoms with Gasteiger partial charge in [-0.15, -0.1) is 0 Å². The molecule has 9 heteroatoms. The number of ether oxygens (including phenoxy) is 1. The molecule has 0 radical (unpaired) electrons. The number of piperazine rings is 1. The first-order valence-corrected chi connectivity index (χ1v) is 11.7. The number of amides is 1. The van der Waals surface area contributed by atoms with Crippen LogP contribution in [-0.2, 0) is 4.74 Å². The summed E-state index contributed by atoms with van der Waals surface area (Å²) < 4.78 is 5.52. The molecule has 4 aromatic rings. The number of carbonyl (C=O) groups is 1. The van der Waals surface area contributed by atoms with Gasteiger partial charge >= 0.3 is 6.09 Å². The van der Waals surface area contributed by atoms with E-state index in [0.717, 1.165) is 44.2 Å². The molecule has 0 saturated carbocycles. The molecule has 1 N–H and O–H groups in total. The van der Waals surface area contributed by atoms with Gasteiger partial charge in [-0.3, -0.25) is 5.10 Å². The molecule has 176 valence electrons. The van der Waals surface area contributed by atoms with Crippen LogP contribution in [0.25, 0.3) is 32.9 Å². The highest BCUT2D eigenvalue weighted by Crippen LogP contribution is 2.39. The van der Waals surface area contributed by atoms with Crippen molar-refractivity contribution in [2.45, 2.75) is 33.3 Å². The van der Waals surface area contributed by atoms with Gasteiger partial charge in [-0.2, -0.15) is 15.3 Å². The Morgan fingerprint density at radius 1 is 1.09 bits per heavy atom. The number of halogens is 1. The van der Waals surface area contributed by atoms with Crippen LogP contribution in [0.2, 0.25) is 5.02 Å². The van der Waals surface area contributed by atoms with Gasteiger partial charge in [0.1, 0.15) is 5.60 Å². The Kier molecular flexibility index (Phi) is 5.56. The molecule has 1 fully saturated rings. The predicted molar refractivity (Wildman–Crippen MR) is 134 cm³/mol. The van der Waals surface area contributed by atoms with Crippen molar-refractivity contribution in [1.82, 2.24) is 25.3 Å². The smallest absolute Gasteiger partial charge is 0.410 e. The number of hydrogen-bond donors (Lipinski definition) is 1. The summed E-state index contributed by atoms with van der Waals surface area (Å²) in [5.41, 5.74) is 5.23. The lowest BCUT2D eigenvalue weighted by atomic mass is 9.95. The highest BCUT2D eigenvalue weighted by molar-refractivity contribution is 6.35. The zero-order chi connectivity index (χ0) is 24.0. The fourth-order valence-electron chi connectivity index (χ4n) is 4.45. The van der Waals surface area contributed by atoms with Crippen LogP contribution in [0.1, 0.15) is 26.3 Å². The van der Waals surface area contributed by atoms with Gasteiger partial charge in [0.25, 0.3) is 0 Å². The molecular formula is C25H27ClN6O2. The summed E-state index contributed by atoms with van der Waals surface area (Å²) in [7, 11) is 0. The van der Waals surface area contributed by atoms with Crippen molar-refractivity contribution in [1.29, 1.82) is 0 Å². The first-order chi connectivity index (χ1) is 16.2. The maximum atomic E-state index is 12.4. The summed E-state index contributed by atoms with van der Waals surface area (Å²) in [5, 5.41) is 18.5. The summed E-state index contributed by atoms with van der Waals surface area (Å²) in [5.74, 6) is 0. The quantitative estimate of drug-likeness (QED) is 0.426. The van der Waals surface area contributed by atoms with Crippen molar-refractivity contribution in [3.8, 4) is 11.1 Å². The van der Waals surface area contributed by atoms with E-state index in [1.54, 1.807) is 11.1 Å². The van der Waals surface area contributed by atoms with Gasteiger partial charge in [0, 0.05) is 47.5 Å². The summed E-state index contributed by atoms with van der Waals surface area (Å²) in [6, 6.07) is 8.04. The lowest BCUT2D eigenvalue weighted by Crippen LogP contribution is -2.50. The van der Waals surface area contributed by atoms with Crippen LogP contribution < -0.4 is 4.90 Å². The van der Waals surface area contributed by atoms with E-state index in [-0.39, 0.29) is 6.09 Å². The number of carbonyl (C=O) groups excluding carboxylic acids is 1. The second kappa shape index (κ2) is 8.43. The highest BCUT2D eigenvalue weighted by Gasteiger charge is 2.27. The molecule has 0 unspecified atom stereocenters. The zero-order valence-electron chi connectivity index (χ0n) is 19.7. The van der Waals surface area contributed by atoms with Gasteiger partial charge < -0.3 is 14.5 Å². The van der Waals surface area contributed by atoms with Gasteiger partial charge in [0.15, 0.2) is 0 Å². The number of nitrogens with zero attached hydrogens (tertiary/aromatic N) is 5. The molecule has 2 aromatic carbocycles. The SMILES string of the molecule is Cc1ccc2[nH]ncc2c1-c1cc2nncc(N3CCN(C(=O)OC(C)(C)C)CC3)c2cc1Cl. The van der Waals surface area contributed by atoms with Crippen LogP contribution in [0.3, 0.4) is 0 Å². The maximum Gasteiger partial charge on any atom is 0.410 e. The van der Waals surface area contributed by atoms with Crippen molar-refractivity contribution in [3.05, 3.63) is 47.2 Å². The van der Waals surface area contributed by atoms with E-state index >= 15 is 0 Å². The summed E-state index contributed by atoms with van der Waals surface area (Å²) in [4.78, 5) is 16.4. The summed E-state index contributed by atoms with van der Waals surface area (Å²) >= 11 is 6.85. The Bertz CT molecular complexity index is 1390. The Hall–Kier alpha value is -3.39. The first-order valence-electron chi connectivity index (χ1n) is 11.3. The third-order valence-electron chi connectivity index (χ3n) is 6.08. The lowest BCUT2D eigenvalue weighted by molar-refractivity contribution is 0.0240. The lowest BCUT2D eigenvalue weighted by Gasteiger charge is -2.36. The number of anilines is 1. The average molecular weight is 479 g/mol. The molecular weight excluding hydrogens is 452 g/mol. The van der Waals surface area contributed by atoms with E-state index in [2.05, 4.69) is 38.3 Å². The molecule has 5 rings (SSSR count). The van der Waals surface area contributed by atoms with Gasteiger partial charge in [-0.05, 0) is 57.0 Å². The molecule has 34 heavy (non-hydrogen) atoms. The van der Waals surface area contributed by atoms with Gasteiger partial charge in [0.2, 0.25) is 0 Å². The molecule has 1 aliphatic heterocycles. The predicted octanol–water partition coefficient (Wildman–Crippen LogP) is 5.19. The van der Waals surface area contributed by atoms with E-state index in [1.165, 1.54) is 0 Å². The van der Waals surface area contributed by atoms with Crippen molar-refractivity contribution >= 4 is 45.2 Å². The van der Waals surface area contributed by atoms with Crippen molar-refractivity contribution < 1.29 is 9.53 Å². The highest BCUT2D eigenvalue weighted by atomic mass is 35.5. The molecule has 0 spiro atoms. The number of aromatic amines is 1. The summed E-state index contributed by atoms with van der Waals surface area (Å²) in [6.45, 7) is 10.2. The second-order valence-corrected chi connectivity index (χ2v) is 10.0. The fraction of sp³-hybridized carbons (Fsp3) is 0.360. The van der Waals surface area contributed by atoms with Gasteiger partial charge in [0.05, 0.1) is 29.1 Å². The van der Waals surface area contributed by atoms with Crippen molar-refractivity contribution in [2.24, 2.45) is 0 Å². The van der Waals surface area contributed by atoms with Gasteiger partial charge in [-0.1, -0.05) is 17.7 Å². The average Bonchev–Trinajstić information content (AvgIpc) is 3.26. The number of rotatable bonds is 2. The topological polar surface area (TPSA) is 87.2 Å². The number of H-pyrrole nitrogens is 1. The van der Waals surface area contributed by atoms with Crippen LogP contribution in [0, 0.1) is 6.92 Å². The fourth-order valence-corrected chi connectivity index (χ4v) is 4.71. The largest absolute Gasteiger partial charge is 0.444 e. The zero-order valence-corrected chi connectivity index (χ0v) is 20.5. The van der Waals surface area contributed by atoms with Crippen molar-refractivity contribution in [2.75, 3.05) is 31.1 Å². The number of benzene rings is 2. The second-order valence-electron chi connectivity index (χ2n) is 9.62. The number of hydrogen-bond acceptors (Lipinski definition) is 6. The first kappa shape index (κ1) is 22.4. The van der Waals surface area contributed by atoms with Crippen LogP contribution in [0.4, 0.5) is 10.5 Å². The molecule has 1 amide bonds. The van der Waals surface area contributed by atoms with Crippen LogP contribution in [-0.4, -0.2) is 63.2 Å². The minimum absolute atomic E-state index is 0.277. The minimum atomic E-state index is -0.507. The van der Waals surface area contributed by atoms with Gasteiger partial charge in [-0.25, -0.2) is 4.79 Å². The Balaban J connectivity index is 1.46. The molecule has 0 atom stereocenters. The van der Waals surface area contributed by atoms with E-state index in [4.69, 9.17) is 16.3 Å². The van der Waals surface area contributed by atoms with E-state index in [1.807, 2.05) is 45.2 Å². The third-order valence-corrected chi connectivity index (χ3v) is 6.39. The Morgan fingerprint density at radius 2 is 1.85 bits per heavy atom. The third kappa shape index (κ3) is 4.14. The van der Waals surface area contributed by atoms with E-state index in [0.29, 0.717) is 31.2 Å². The van der Waals surface area contributed by atoms with E-state index < -0.39 is 5.60 Å². The molecule has 0 aliphatic carbocycles. The van der Waals surface area contributed by atoms with Crippen LogP contribution >= 0.6 is 11.6 Å². The monoisotopic (exact) mass is 478 g/mol. The molecule has 8 nitrogen and oxygen atoms in total. The molecule has 3 heterocycles. The number of aryl methyl sites for hydroxylation is 1. The standard InChI is InChI=1S/C25H27ClN6O2/c1-15-5-6-20-18(13-27-29-20)23(15)16-12-21-17(11-19(16)26)22(14-28-30-21)31-7-9-32(10-8-31)24(33)34-25(2,3)4/h5-6,11-14H,7-10H2,1-4H3,(H,27,29). The molecule has 2 aromatic heterocycles. The Morgan fingerprint density at radius 3 is 2.59 bits per heavy atom. The van der Waals surface area contributed by atoms with Crippen molar-refractivity contribution in [3.63, 3.8) is 0 Å². The van der Waals surface area contributed by atoms with E-state index in [9.17, 15) is 4.79 Å². The Labute approximate surface area is 202 Å². The number of aromatic nitrogens is 4. The molecule has 1 aliphatic rings. The van der Waals surface area contributed by atoms with Crippen LogP contribution in [0.5, 0.6) is 0 Å². The number of fused-ring (bicyclic) bond motifs is 2. The normalized spacial score (nSPS) is 14.7. The number of nitrogens with one attached hydrogen (secondary N) is 1. The minimum Gasteiger partial charge on any atom is -0.444 e. The maximum absolute atomic E-state index is 12.4. The summed E-state index contributed by atoms with van der Waals surface area (Å²) in [6.07, 6.45) is 3.31. The van der Waals surface area contributed by atoms with Crippen LogP contribution in [0.15, 0.2) is 36.7 Å². The molecule has 0 bridgehead atoms. The molecule has 1 saturated heterocycles.